The number of carbonyl (C=O) groups is 1. The fourth-order valence-electron chi connectivity index (χ4n) is 3.48. The van der Waals surface area contributed by atoms with Crippen molar-refractivity contribution in [3.05, 3.63) is 108 Å². The van der Waals surface area contributed by atoms with Gasteiger partial charge in [0, 0.05) is 0 Å². The predicted octanol–water partition coefficient (Wildman–Crippen LogP) is 4.54. The number of alkyl halides is 2. The third-order valence-electron chi connectivity index (χ3n) is 5.46. The van der Waals surface area contributed by atoms with E-state index in [1.54, 1.807) is 84.9 Å². The molecular formula is C28H30F2O6. The monoisotopic (exact) mass is 500 g/mol. The summed E-state index contributed by atoms with van der Waals surface area (Å²) >= 11 is 0. The van der Waals surface area contributed by atoms with E-state index in [0.717, 1.165) is 12.7 Å². The second kappa shape index (κ2) is 13.8. The summed E-state index contributed by atoms with van der Waals surface area (Å²) in [6, 6.07) is 26.4. The molecule has 3 rings (SSSR count). The molecule has 0 spiro atoms. The second-order valence-electron chi connectivity index (χ2n) is 8.15. The fraction of sp³-hybridized carbons (Fsp3) is 0.321. The average Bonchev–Trinajstić information content (AvgIpc) is 2.91. The first-order chi connectivity index (χ1) is 17.4. The molecule has 1 N–H and O–H groups in total. The number of hydrogen-bond donors (Lipinski definition) is 1. The van der Waals surface area contributed by atoms with E-state index in [9.17, 15) is 9.90 Å². The standard InChI is InChI=1S/C28H30F2O6/c1-33-27(32)25(35-18-22-13-7-3-8-14-22)26(36-19-23-15-9-4-10-16-23)28(29,30)24(31)20-34-17-21-11-5-2-6-12-21/h2-16,24-26,31H,17-20H2,1H3/t24-,25-,26-/m1/s1. The molecule has 6 nitrogen and oxygen atoms in total. The largest absolute Gasteiger partial charge is 0.467 e. The zero-order chi connectivity index (χ0) is 25.8. The number of rotatable bonds is 14. The molecule has 0 fully saturated rings. The van der Waals surface area contributed by atoms with Gasteiger partial charge in [-0.05, 0) is 16.7 Å². The minimum Gasteiger partial charge on any atom is -0.467 e. The van der Waals surface area contributed by atoms with Gasteiger partial charge in [0.05, 0.1) is 33.5 Å². The third-order valence-corrected chi connectivity index (χ3v) is 5.46. The Kier molecular flexibility index (Phi) is 10.5. The molecule has 0 bridgehead atoms. The molecular weight excluding hydrogens is 470 g/mol. The number of aliphatic hydroxyl groups excluding tert-OH is 1. The van der Waals surface area contributed by atoms with Crippen LogP contribution < -0.4 is 0 Å². The van der Waals surface area contributed by atoms with Crippen LogP contribution in [-0.4, -0.2) is 49.0 Å². The van der Waals surface area contributed by atoms with Crippen molar-refractivity contribution in [2.24, 2.45) is 0 Å². The van der Waals surface area contributed by atoms with Crippen molar-refractivity contribution >= 4 is 5.97 Å². The quantitative estimate of drug-likeness (QED) is 0.328. The molecule has 3 atom stereocenters. The molecule has 192 valence electrons. The smallest absolute Gasteiger partial charge is 0.337 e. The Morgan fingerprint density at radius 1 is 0.778 bits per heavy atom. The SMILES string of the molecule is COC(=O)[C@H](OCc1ccccc1)[C@@H](OCc1ccccc1)C(F)(F)[C@H](O)COCc1ccccc1. The van der Waals surface area contributed by atoms with Crippen LogP contribution in [0.15, 0.2) is 91.0 Å². The Balaban J connectivity index is 1.78. The first kappa shape index (κ1) is 27.4. The maximum Gasteiger partial charge on any atom is 0.337 e. The maximum absolute atomic E-state index is 15.6. The van der Waals surface area contributed by atoms with Crippen molar-refractivity contribution in [3.8, 4) is 0 Å². The van der Waals surface area contributed by atoms with Crippen LogP contribution in [0.2, 0.25) is 0 Å². The van der Waals surface area contributed by atoms with E-state index in [1.807, 2.05) is 6.07 Å². The Bertz CT molecular complexity index is 1030. The van der Waals surface area contributed by atoms with Crippen LogP contribution in [0.25, 0.3) is 0 Å². The molecule has 0 aliphatic heterocycles. The van der Waals surface area contributed by atoms with Gasteiger partial charge in [-0.25, -0.2) is 13.6 Å². The zero-order valence-electron chi connectivity index (χ0n) is 20.0. The van der Waals surface area contributed by atoms with Crippen LogP contribution in [0.5, 0.6) is 0 Å². The van der Waals surface area contributed by atoms with Crippen molar-refractivity contribution in [2.45, 2.75) is 44.1 Å². The lowest BCUT2D eigenvalue weighted by Gasteiger charge is -2.34. The highest BCUT2D eigenvalue weighted by Crippen LogP contribution is 2.31. The molecule has 0 radical (unpaired) electrons. The van der Waals surface area contributed by atoms with Gasteiger partial charge in [-0.3, -0.25) is 0 Å². The van der Waals surface area contributed by atoms with Gasteiger partial charge >= 0.3 is 11.9 Å². The Morgan fingerprint density at radius 2 is 1.22 bits per heavy atom. The summed E-state index contributed by atoms with van der Waals surface area (Å²) in [6.07, 6.45) is -6.23. The molecule has 0 saturated carbocycles. The summed E-state index contributed by atoms with van der Waals surface area (Å²) in [5.74, 6) is -4.96. The molecule has 0 aliphatic carbocycles. The summed E-state index contributed by atoms with van der Waals surface area (Å²) in [6.45, 7) is -1.02. The summed E-state index contributed by atoms with van der Waals surface area (Å²) in [4.78, 5) is 12.6. The fourth-order valence-corrected chi connectivity index (χ4v) is 3.48. The molecule has 0 amide bonds. The summed E-state index contributed by atoms with van der Waals surface area (Å²) in [7, 11) is 1.08. The number of ether oxygens (including phenoxy) is 4. The molecule has 0 unspecified atom stereocenters. The van der Waals surface area contributed by atoms with Crippen LogP contribution in [0.1, 0.15) is 16.7 Å². The molecule has 3 aromatic carbocycles. The Hall–Kier alpha value is -3.17. The second-order valence-corrected chi connectivity index (χ2v) is 8.15. The van der Waals surface area contributed by atoms with Crippen LogP contribution in [0.3, 0.4) is 0 Å². The van der Waals surface area contributed by atoms with Crippen molar-refractivity contribution in [1.29, 1.82) is 0 Å². The van der Waals surface area contributed by atoms with E-state index in [2.05, 4.69) is 0 Å². The first-order valence-corrected chi connectivity index (χ1v) is 11.5. The summed E-state index contributed by atoms with van der Waals surface area (Å²) in [5.41, 5.74) is 2.05. The lowest BCUT2D eigenvalue weighted by Crippen LogP contribution is -2.56. The van der Waals surface area contributed by atoms with Crippen molar-refractivity contribution < 1.29 is 37.6 Å². The van der Waals surface area contributed by atoms with Crippen molar-refractivity contribution in [2.75, 3.05) is 13.7 Å². The van der Waals surface area contributed by atoms with E-state index in [4.69, 9.17) is 18.9 Å². The average molecular weight is 501 g/mol. The first-order valence-electron chi connectivity index (χ1n) is 11.5. The summed E-state index contributed by atoms with van der Waals surface area (Å²) in [5, 5.41) is 10.4. The minimum absolute atomic E-state index is 0.0362. The van der Waals surface area contributed by atoms with Gasteiger partial charge in [-0.1, -0.05) is 91.0 Å². The van der Waals surface area contributed by atoms with Crippen LogP contribution >= 0.6 is 0 Å². The van der Waals surface area contributed by atoms with Gasteiger partial charge in [-0.2, -0.15) is 0 Å². The van der Waals surface area contributed by atoms with Gasteiger partial charge < -0.3 is 24.1 Å². The summed E-state index contributed by atoms with van der Waals surface area (Å²) < 4.78 is 52.5. The highest BCUT2D eigenvalue weighted by atomic mass is 19.3. The number of aliphatic hydroxyl groups is 1. The van der Waals surface area contributed by atoms with Crippen LogP contribution in [-0.2, 0) is 43.6 Å². The molecule has 0 aromatic heterocycles. The maximum atomic E-state index is 15.6. The van der Waals surface area contributed by atoms with E-state index in [1.165, 1.54) is 0 Å². The number of hydrogen-bond acceptors (Lipinski definition) is 6. The topological polar surface area (TPSA) is 74.2 Å². The highest BCUT2D eigenvalue weighted by molar-refractivity contribution is 5.75. The van der Waals surface area contributed by atoms with Gasteiger partial charge in [0.25, 0.3) is 0 Å². The van der Waals surface area contributed by atoms with E-state index in [0.29, 0.717) is 11.1 Å². The van der Waals surface area contributed by atoms with Crippen molar-refractivity contribution in [3.63, 3.8) is 0 Å². The lowest BCUT2D eigenvalue weighted by atomic mass is 10.0. The zero-order valence-corrected chi connectivity index (χ0v) is 20.0. The molecule has 36 heavy (non-hydrogen) atoms. The van der Waals surface area contributed by atoms with Crippen molar-refractivity contribution in [1.82, 2.24) is 0 Å². The molecule has 3 aromatic rings. The molecule has 8 heteroatoms. The predicted molar refractivity (Wildman–Crippen MR) is 129 cm³/mol. The lowest BCUT2D eigenvalue weighted by molar-refractivity contribution is -0.244. The van der Waals surface area contributed by atoms with E-state index < -0.39 is 36.8 Å². The van der Waals surface area contributed by atoms with Gasteiger partial charge in [0.15, 0.2) is 12.2 Å². The number of methoxy groups -OCH3 is 1. The molecule has 0 heterocycles. The number of esters is 1. The molecule has 0 aliphatic rings. The number of carbonyl (C=O) groups excluding carboxylic acids is 1. The number of benzene rings is 3. The highest BCUT2D eigenvalue weighted by Gasteiger charge is 2.54. The van der Waals surface area contributed by atoms with Gasteiger partial charge in [0.2, 0.25) is 0 Å². The number of halogens is 2. The normalized spacial score (nSPS) is 14.1. The van der Waals surface area contributed by atoms with Gasteiger partial charge in [0.1, 0.15) is 6.10 Å². The third kappa shape index (κ3) is 7.93. The van der Waals surface area contributed by atoms with Crippen LogP contribution in [0.4, 0.5) is 8.78 Å². The van der Waals surface area contributed by atoms with Crippen LogP contribution in [0, 0.1) is 0 Å². The van der Waals surface area contributed by atoms with E-state index in [-0.39, 0.29) is 19.8 Å². The van der Waals surface area contributed by atoms with E-state index >= 15 is 8.78 Å². The Labute approximate surface area is 209 Å². The molecule has 0 saturated heterocycles. The minimum atomic E-state index is -3.92. The Morgan fingerprint density at radius 3 is 1.69 bits per heavy atom. The van der Waals surface area contributed by atoms with Gasteiger partial charge in [-0.15, -0.1) is 0 Å².